The van der Waals surface area contributed by atoms with Gasteiger partial charge in [-0.1, -0.05) is 48.0 Å². The molecule has 0 fully saturated rings. The van der Waals surface area contributed by atoms with E-state index < -0.39 is 5.97 Å². The molecule has 1 N–H and O–H groups in total. The van der Waals surface area contributed by atoms with Crippen LogP contribution in [0.5, 0.6) is 0 Å². The molecule has 0 aromatic heterocycles. The van der Waals surface area contributed by atoms with Gasteiger partial charge < -0.3 is 10.1 Å². The summed E-state index contributed by atoms with van der Waals surface area (Å²) >= 11 is 0. The molecule has 0 bridgehead atoms. The minimum Gasteiger partial charge on any atom is -0.452 e. The fourth-order valence-electron chi connectivity index (χ4n) is 1.75. The van der Waals surface area contributed by atoms with Gasteiger partial charge in [0.25, 0.3) is 5.91 Å². The second kappa shape index (κ2) is 7.78. The molecule has 4 nitrogen and oxygen atoms in total. The maximum Gasteiger partial charge on any atom is 0.331 e. The van der Waals surface area contributed by atoms with E-state index in [1.807, 2.05) is 49.4 Å². The third-order valence-electron chi connectivity index (χ3n) is 2.89. The molecule has 0 spiro atoms. The second-order valence-corrected chi connectivity index (χ2v) is 4.77. The number of ether oxygens (including phenoxy) is 1. The van der Waals surface area contributed by atoms with Crippen LogP contribution in [0.2, 0.25) is 0 Å². The number of anilines is 1. The van der Waals surface area contributed by atoms with Crippen molar-refractivity contribution in [2.75, 3.05) is 11.9 Å². The van der Waals surface area contributed by atoms with Crippen LogP contribution >= 0.6 is 0 Å². The molecule has 1 amide bonds. The summed E-state index contributed by atoms with van der Waals surface area (Å²) in [7, 11) is 0. The average Bonchev–Trinajstić information content (AvgIpc) is 2.53. The number of hydrogen-bond donors (Lipinski definition) is 1. The smallest absolute Gasteiger partial charge is 0.331 e. The number of esters is 1. The Morgan fingerprint density at radius 3 is 2.41 bits per heavy atom. The Morgan fingerprint density at radius 1 is 1.05 bits per heavy atom. The number of nitrogens with one attached hydrogen (secondary N) is 1. The maximum absolute atomic E-state index is 11.6. The summed E-state index contributed by atoms with van der Waals surface area (Å²) in [5, 5.41) is 2.64. The molecule has 0 atom stereocenters. The Hall–Kier alpha value is -2.88. The van der Waals surface area contributed by atoms with Gasteiger partial charge in [0.2, 0.25) is 0 Å². The predicted molar refractivity (Wildman–Crippen MR) is 86.2 cm³/mol. The van der Waals surface area contributed by atoms with Gasteiger partial charge in [-0.05, 0) is 30.7 Å². The second-order valence-electron chi connectivity index (χ2n) is 4.77. The minimum absolute atomic E-state index is 0.314. The summed E-state index contributed by atoms with van der Waals surface area (Å²) in [6.45, 7) is 1.68. The fraction of sp³-hybridized carbons (Fsp3) is 0.111. The summed E-state index contributed by atoms with van der Waals surface area (Å²) in [5.74, 6) is -0.924. The first kappa shape index (κ1) is 15.5. The van der Waals surface area contributed by atoms with Crippen molar-refractivity contribution in [2.45, 2.75) is 6.92 Å². The standard InChI is InChI=1S/C18H17NO3/c1-14-7-9-15(10-8-14)11-12-18(21)22-13-17(20)19-16-5-3-2-4-6-16/h2-12H,13H2,1H3,(H,19,20)/b12-11+. The summed E-state index contributed by atoms with van der Waals surface area (Å²) in [5.41, 5.74) is 2.72. The molecule has 0 aliphatic carbocycles. The molecular weight excluding hydrogens is 278 g/mol. The zero-order valence-corrected chi connectivity index (χ0v) is 12.3. The van der Waals surface area contributed by atoms with E-state index in [9.17, 15) is 9.59 Å². The average molecular weight is 295 g/mol. The third kappa shape index (κ3) is 5.25. The molecule has 0 heterocycles. The molecule has 0 unspecified atom stereocenters. The first-order valence-electron chi connectivity index (χ1n) is 6.90. The van der Waals surface area contributed by atoms with Crippen molar-refractivity contribution in [3.63, 3.8) is 0 Å². The van der Waals surface area contributed by atoms with Crippen molar-refractivity contribution in [1.82, 2.24) is 0 Å². The van der Waals surface area contributed by atoms with Gasteiger partial charge in [-0.15, -0.1) is 0 Å². The van der Waals surface area contributed by atoms with Crippen LogP contribution in [0.25, 0.3) is 6.08 Å². The molecule has 0 saturated carbocycles. The van der Waals surface area contributed by atoms with Crippen LogP contribution in [0.4, 0.5) is 5.69 Å². The molecule has 2 aromatic carbocycles. The van der Waals surface area contributed by atoms with E-state index in [-0.39, 0.29) is 12.5 Å². The lowest BCUT2D eigenvalue weighted by Crippen LogP contribution is -2.20. The van der Waals surface area contributed by atoms with Crippen LogP contribution in [-0.2, 0) is 14.3 Å². The van der Waals surface area contributed by atoms with E-state index in [0.29, 0.717) is 5.69 Å². The summed E-state index contributed by atoms with van der Waals surface area (Å²) < 4.78 is 4.88. The van der Waals surface area contributed by atoms with Gasteiger partial charge in [0.1, 0.15) is 0 Å². The number of hydrogen-bond acceptors (Lipinski definition) is 3. The van der Waals surface area contributed by atoms with Gasteiger partial charge in [-0.25, -0.2) is 4.79 Å². The van der Waals surface area contributed by atoms with E-state index in [4.69, 9.17) is 4.74 Å². The lowest BCUT2D eigenvalue weighted by atomic mass is 10.1. The lowest BCUT2D eigenvalue weighted by molar-refractivity contribution is -0.142. The number of aryl methyl sites for hydroxylation is 1. The number of para-hydroxylation sites is 1. The van der Waals surface area contributed by atoms with E-state index >= 15 is 0 Å². The van der Waals surface area contributed by atoms with Crippen LogP contribution in [-0.4, -0.2) is 18.5 Å². The molecule has 112 valence electrons. The molecular formula is C18H17NO3. The Balaban J connectivity index is 1.77. The normalized spacial score (nSPS) is 10.4. The van der Waals surface area contributed by atoms with E-state index in [2.05, 4.69) is 5.32 Å². The highest BCUT2D eigenvalue weighted by Gasteiger charge is 2.05. The summed E-state index contributed by atoms with van der Waals surface area (Å²) in [6, 6.07) is 16.7. The Labute approximate surface area is 129 Å². The summed E-state index contributed by atoms with van der Waals surface area (Å²) in [6.07, 6.45) is 2.96. The van der Waals surface area contributed by atoms with Gasteiger partial charge in [0.15, 0.2) is 6.61 Å². The summed E-state index contributed by atoms with van der Waals surface area (Å²) in [4.78, 5) is 23.2. The topological polar surface area (TPSA) is 55.4 Å². The van der Waals surface area contributed by atoms with Crippen molar-refractivity contribution in [2.24, 2.45) is 0 Å². The van der Waals surface area contributed by atoms with E-state index in [0.717, 1.165) is 11.1 Å². The van der Waals surface area contributed by atoms with Crippen LogP contribution in [0.3, 0.4) is 0 Å². The highest BCUT2D eigenvalue weighted by Crippen LogP contribution is 2.06. The van der Waals surface area contributed by atoms with Crippen LogP contribution < -0.4 is 5.32 Å². The fourth-order valence-corrected chi connectivity index (χ4v) is 1.75. The third-order valence-corrected chi connectivity index (χ3v) is 2.89. The van der Waals surface area contributed by atoms with Gasteiger partial charge in [-0.3, -0.25) is 4.79 Å². The van der Waals surface area contributed by atoms with Crippen molar-refractivity contribution in [3.05, 3.63) is 71.8 Å². The van der Waals surface area contributed by atoms with Gasteiger partial charge in [0, 0.05) is 11.8 Å². The first-order chi connectivity index (χ1) is 10.6. The number of benzene rings is 2. The van der Waals surface area contributed by atoms with Crippen molar-refractivity contribution < 1.29 is 14.3 Å². The Kier molecular flexibility index (Phi) is 5.49. The molecule has 0 aliphatic heterocycles. The monoisotopic (exact) mass is 295 g/mol. The minimum atomic E-state index is -0.552. The molecule has 0 radical (unpaired) electrons. The Morgan fingerprint density at radius 2 is 1.73 bits per heavy atom. The number of carbonyl (C=O) groups is 2. The zero-order chi connectivity index (χ0) is 15.8. The molecule has 22 heavy (non-hydrogen) atoms. The molecule has 2 aromatic rings. The highest BCUT2D eigenvalue weighted by molar-refractivity contribution is 5.94. The van der Waals surface area contributed by atoms with Crippen molar-refractivity contribution in [3.8, 4) is 0 Å². The molecule has 4 heteroatoms. The maximum atomic E-state index is 11.6. The van der Waals surface area contributed by atoms with Crippen LogP contribution in [0.1, 0.15) is 11.1 Å². The SMILES string of the molecule is Cc1ccc(/C=C/C(=O)OCC(=O)Nc2ccccc2)cc1. The number of carbonyl (C=O) groups excluding carboxylic acids is 2. The lowest BCUT2D eigenvalue weighted by Gasteiger charge is -2.04. The molecule has 0 saturated heterocycles. The van der Waals surface area contributed by atoms with Gasteiger partial charge >= 0.3 is 5.97 Å². The van der Waals surface area contributed by atoms with Crippen molar-refractivity contribution in [1.29, 1.82) is 0 Å². The first-order valence-corrected chi connectivity index (χ1v) is 6.90. The highest BCUT2D eigenvalue weighted by atomic mass is 16.5. The quantitative estimate of drug-likeness (QED) is 0.681. The molecule has 0 aliphatic rings. The van der Waals surface area contributed by atoms with Crippen LogP contribution in [0.15, 0.2) is 60.7 Å². The van der Waals surface area contributed by atoms with Gasteiger partial charge in [-0.2, -0.15) is 0 Å². The van der Waals surface area contributed by atoms with Crippen molar-refractivity contribution >= 4 is 23.6 Å². The van der Waals surface area contributed by atoms with Crippen LogP contribution in [0, 0.1) is 6.92 Å². The number of rotatable bonds is 5. The molecule has 2 rings (SSSR count). The number of amides is 1. The zero-order valence-electron chi connectivity index (χ0n) is 12.3. The van der Waals surface area contributed by atoms with E-state index in [1.165, 1.54) is 6.08 Å². The predicted octanol–water partition coefficient (Wildman–Crippen LogP) is 3.19. The Bertz CT molecular complexity index is 660. The van der Waals surface area contributed by atoms with E-state index in [1.54, 1.807) is 18.2 Å². The van der Waals surface area contributed by atoms with Gasteiger partial charge in [0.05, 0.1) is 0 Å². The largest absolute Gasteiger partial charge is 0.452 e.